The first-order chi connectivity index (χ1) is 17.7. The van der Waals surface area contributed by atoms with Gasteiger partial charge in [0.25, 0.3) is 0 Å². The minimum Gasteiger partial charge on any atom is -0.459 e. The Labute approximate surface area is 226 Å². The van der Waals surface area contributed by atoms with Crippen LogP contribution in [0.2, 0.25) is 6.32 Å². The number of rotatable bonds is 9. The van der Waals surface area contributed by atoms with E-state index in [4.69, 9.17) is 24.3 Å². The molecule has 1 unspecified atom stereocenters. The van der Waals surface area contributed by atoms with Crippen LogP contribution in [0.1, 0.15) is 79.7 Å². The van der Waals surface area contributed by atoms with E-state index in [2.05, 4.69) is 10.0 Å². The molecular formula is C27H41BN4O6. The second-order valence-corrected chi connectivity index (χ2v) is 12.2. The van der Waals surface area contributed by atoms with Crippen LogP contribution in [0.25, 0.3) is 10.4 Å². The maximum atomic E-state index is 13.7. The van der Waals surface area contributed by atoms with Crippen molar-refractivity contribution in [3.8, 4) is 0 Å². The van der Waals surface area contributed by atoms with Gasteiger partial charge in [-0.25, -0.2) is 9.59 Å². The minimum absolute atomic E-state index is 0.0731. The quantitative estimate of drug-likeness (QED) is 0.0960. The third-order valence-electron chi connectivity index (χ3n) is 7.49. The summed E-state index contributed by atoms with van der Waals surface area (Å²) in [5.41, 5.74) is 7.03. The molecule has 0 saturated carbocycles. The summed E-state index contributed by atoms with van der Waals surface area (Å²) in [5.74, 6) is -0.529. The lowest BCUT2D eigenvalue weighted by molar-refractivity contribution is -0.158. The lowest BCUT2D eigenvalue weighted by atomic mass is 9.80. The average Bonchev–Trinajstić information content (AvgIpc) is 3.28. The van der Waals surface area contributed by atoms with E-state index >= 15 is 0 Å². The molecule has 1 aromatic carbocycles. The summed E-state index contributed by atoms with van der Waals surface area (Å²) in [5, 5.41) is 3.86. The number of ether oxygens (including phenoxy) is 2. The van der Waals surface area contributed by atoms with Crippen LogP contribution in [-0.2, 0) is 30.2 Å². The Bertz CT molecular complexity index is 1020. The van der Waals surface area contributed by atoms with Crippen molar-refractivity contribution >= 4 is 19.2 Å². The molecule has 2 saturated heterocycles. The number of azide groups is 1. The van der Waals surface area contributed by atoms with Gasteiger partial charge in [0.1, 0.15) is 17.7 Å². The number of esters is 1. The number of unbranched alkanes of at least 4 members (excludes halogenated alkanes) is 1. The number of hydrogen-bond donors (Lipinski definition) is 0. The highest BCUT2D eigenvalue weighted by Crippen LogP contribution is 2.40. The van der Waals surface area contributed by atoms with Crippen LogP contribution in [0.15, 0.2) is 35.4 Å². The molecule has 11 heteroatoms. The Morgan fingerprint density at radius 2 is 1.76 bits per heavy atom. The molecule has 0 spiro atoms. The fourth-order valence-corrected chi connectivity index (χ4v) is 4.87. The molecule has 3 rings (SSSR count). The SMILES string of the molecule is CC(C)(C)OC(=O)N1CC(N=[N+]=[N-])C[C@@]1(CCCCB1OC(C)(C)C(C)(C)O1)C(=O)OCc1ccccc1. The van der Waals surface area contributed by atoms with Gasteiger partial charge in [0.05, 0.1) is 17.2 Å². The van der Waals surface area contributed by atoms with Crippen molar-refractivity contribution in [2.45, 2.75) is 115 Å². The van der Waals surface area contributed by atoms with Gasteiger partial charge in [0.2, 0.25) is 0 Å². The molecule has 208 valence electrons. The Morgan fingerprint density at radius 3 is 2.34 bits per heavy atom. The van der Waals surface area contributed by atoms with Gasteiger partial charge >= 0.3 is 19.2 Å². The summed E-state index contributed by atoms with van der Waals surface area (Å²) >= 11 is 0. The normalized spacial score (nSPS) is 24.1. The number of likely N-dealkylation sites (tertiary alicyclic amines) is 1. The van der Waals surface area contributed by atoms with Crippen molar-refractivity contribution in [1.29, 1.82) is 0 Å². The maximum Gasteiger partial charge on any atom is 0.457 e. The molecule has 0 bridgehead atoms. The second kappa shape index (κ2) is 11.6. The standard InChI is InChI=1S/C27H41BN4O6/c1-24(2,3)36-23(34)32-18-21(30-31-29)17-27(32,22(33)35-19-20-13-9-8-10-14-20)15-11-12-16-28-37-25(4,5)26(6,7)38-28/h8-10,13-14,21H,11-12,15-19H2,1-7H3/t21?,27-/m0/s1. The molecule has 2 heterocycles. The van der Waals surface area contributed by atoms with Crippen molar-refractivity contribution in [3.63, 3.8) is 0 Å². The molecule has 10 nitrogen and oxygen atoms in total. The van der Waals surface area contributed by atoms with Crippen LogP contribution in [0.3, 0.4) is 0 Å². The topological polar surface area (TPSA) is 123 Å². The van der Waals surface area contributed by atoms with E-state index in [1.54, 1.807) is 20.8 Å². The first-order valence-corrected chi connectivity index (χ1v) is 13.3. The van der Waals surface area contributed by atoms with Gasteiger partial charge in [-0.05, 0) is 78.7 Å². The van der Waals surface area contributed by atoms with Gasteiger partial charge in [0, 0.05) is 11.5 Å². The van der Waals surface area contributed by atoms with Crippen molar-refractivity contribution in [2.75, 3.05) is 6.54 Å². The summed E-state index contributed by atoms with van der Waals surface area (Å²) in [6, 6.07) is 8.80. The smallest absolute Gasteiger partial charge is 0.457 e. The Balaban J connectivity index is 1.79. The van der Waals surface area contributed by atoms with E-state index in [0.29, 0.717) is 25.6 Å². The van der Waals surface area contributed by atoms with Gasteiger partial charge < -0.3 is 18.8 Å². The number of amides is 1. The summed E-state index contributed by atoms with van der Waals surface area (Å²) < 4.78 is 23.6. The lowest BCUT2D eigenvalue weighted by Crippen LogP contribution is -2.55. The van der Waals surface area contributed by atoms with Gasteiger partial charge in [-0.3, -0.25) is 4.90 Å². The first-order valence-electron chi connectivity index (χ1n) is 13.3. The molecule has 38 heavy (non-hydrogen) atoms. The van der Waals surface area contributed by atoms with Crippen LogP contribution in [0.4, 0.5) is 4.79 Å². The summed E-state index contributed by atoms with van der Waals surface area (Å²) in [4.78, 5) is 31.4. The molecule has 1 aromatic rings. The Hall–Kier alpha value is -2.75. The molecule has 0 N–H and O–H groups in total. The first kappa shape index (κ1) is 29.8. The van der Waals surface area contributed by atoms with Crippen LogP contribution in [0.5, 0.6) is 0 Å². The predicted molar refractivity (Wildman–Crippen MR) is 144 cm³/mol. The zero-order chi connectivity index (χ0) is 28.2. The number of carbonyl (C=O) groups excluding carboxylic acids is 2. The molecule has 2 fully saturated rings. The van der Waals surface area contributed by atoms with Crippen molar-refractivity contribution in [3.05, 3.63) is 46.3 Å². The minimum atomic E-state index is -1.31. The number of carbonyl (C=O) groups is 2. The van der Waals surface area contributed by atoms with Crippen molar-refractivity contribution in [1.82, 2.24) is 4.90 Å². The molecule has 0 aromatic heterocycles. The summed E-state index contributed by atoms with van der Waals surface area (Å²) in [6.07, 6.45) is 1.83. The van der Waals surface area contributed by atoms with E-state index in [-0.39, 0.29) is 26.7 Å². The molecular weight excluding hydrogens is 487 g/mol. The number of benzene rings is 1. The summed E-state index contributed by atoms with van der Waals surface area (Å²) in [6.45, 7) is 13.5. The molecule has 2 atom stereocenters. The van der Waals surface area contributed by atoms with Crippen LogP contribution in [-0.4, -0.2) is 59.0 Å². The Kier molecular flexibility index (Phi) is 9.06. The fourth-order valence-electron chi connectivity index (χ4n) is 4.87. The number of nitrogens with zero attached hydrogens (tertiary/aromatic N) is 4. The third-order valence-corrected chi connectivity index (χ3v) is 7.49. The molecule has 2 aliphatic rings. The largest absolute Gasteiger partial charge is 0.459 e. The fraction of sp³-hybridized carbons (Fsp3) is 0.704. The van der Waals surface area contributed by atoms with Crippen molar-refractivity contribution in [2.24, 2.45) is 5.11 Å². The highest BCUT2D eigenvalue weighted by molar-refractivity contribution is 6.45. The predicted octanol–water partition coefficient (Wildman–Crippen LogP) is 6.05. The van der Waals surface area contributed by atoms with Crippen molar-refractivity contribution < 1.29 is 28.4 Å². The van der Waals surface area contributed by atoms with E-state index in [9.17, 15) is 9.59 Å². The Morgan fingerprint density at radius 1 is 1.13 bits per heavy atom. The highest BCUT2D eigenvalue weighted by atomic mass is 16.7. The van der Waals surface area contributed by atoms with E-state index in [0.717, 1.165) is 5.56 Å². The summed E-state index contributed by atoms with van der Waals surface area (Å²) in [7, 11) is -0.345. The molecule has 0 radical (unpaired) electrons. The van der Waals surface area contributed by atoms with E-state index < -0.39 is 40.4 Å². The monoisotopic (exact) mass is 528 g/mol. The van der Waals surface area contributed by atoms with Gasteiger partial charge in [-0.1, -0.05) is 48.3 Å². The zero-order valence-corrected chi connectivity index (χ0v) is 23.7. The highest BCUT2D eigenvalue weighted by Gasteiger charge is 2.55. The van der Waals surface area contributed by atoms with Crippen LogP contribution in [0, 0.1) is 0 Å². The molecule has 1 amide bonds. The van der Waals surface area contributed by atoms with E-state index in [1.165, 1.54) is 4.90 Å². The lowest BCUT2D eigenvalue weighted by Gasteiger charge is -2.37. The second-order valence-electron chi connectivity index (χ2n) is 12.2. The van der Waals surface area contributed by atoms with Gasteiger partial charge in [0.15, 0.2) is 0 Å². The average molecular weight is 528 g/mol. The third kappa shape index (κ3) is 7.01. The maximum absolute atomic E-state index is 13.7. The van der Waals surface area contributed by atoms with E-state index in [1.807, 2.05) is 58.0 Å². The van der Waals surface area contributed by atoms with Crippen LogP contribution >= 0.6 is 0 Å². The van der Waals surface area contributed by atoms with Gasteiger partial charge in [-0.2, -0.15) is 0 Å². The zero-order valence-electron chi connectivity index (χ0n) is 23.7. The molecule has 0 aliphatic carbocycles. The van der Waals surface area contributed by atoms with Gasteiger partial charge in [-0.15, -0.1) is 0 Å². The van der Waals surface area contributed by atoms with Crippen LogP contribution < -0.4 is 0 Å². The number of hydrogen-bond acceptors (Lipinski definition) is 7. The molecule has 2 aliphatic heterocycles.